The zero-order valence-corrected chi connectivity index (χ0v) is 10.8. The van der Waals surface area contributed by atoms with Crippen LogP contribution in [-0.4, -0.2) is 36.0 Å². The van der Waals surface area contributed by atoms with Crippen molar-refractivity contribution in [2.45, 2.75) is 52.3 Å². The molecule has 0 aliphatic rings. The zero-order chi connectivity index (χ0) is 13.6. The van der Waals surface area contributed by atoms with Crippen LogP contribution in [0.3, 0.4) is 0 Å². The maximum atomic E-state index is 11.5. The van der Waals surface area contributed by atoms with Gasteiger partial charge in [0.05, 0.1) is 6.04 Å². The van der Waals surface area contributed by atoms with Gasteiger partial charge in [0.25, 0.3) is 0 Å². The predicted molar refractivity (Wildman–Crippen MR) is 62.1 cm³/mol. The first-order valence-corrected chi connectivity index (χ1v) is 5.33. The van der Waals surface area contributed by atoms with Gasteiger partial charge in [-0.25, -0.2) is 4.79 Å². The molecule has 2 atom stereocenters. The second-order valence-corrected chi connectivity index (χ2v) is 4.72. The summed E-state index contributed by atoms with van der Waals surface area (Å²) in [5, 5.41) is 4.73. The Labute approximate surface area is 101 Å². The van der Waals surface area contributed by atoms with E-state index in [1.165, 1.54) is 13.8 Å². The molecular weight excluding hydrogens is 224 g/mol. The molecule has 1 radical (unpaired) electrons. The lowest BCUT2D eigenvalue weighted by atomic mass is 10.2. The summed E-state index contributed by atoms with van der Waals surface area (Å²) in [5.74, 6) is -0.466. The van der Waals surface area contributed by atoms with Gasteiger partial charge in [-0.3, -0.25) is 9.59 Å². The maximum absolute atomic E-state index is 11.5. The molecule has 0 rings (SSSR count). The van der Waals surface area contributed by atoms with Crippen molar-refractivity contribution < 1.29 is 19.1 Å². The van der Waals surface area contributed by atoms with Crippen LogP contribution in [0.5, 0.6) is 0 Å². The Bertz CT molecular complexity index is 296. The number of carbonyl (C=O) groups is 2. The summed E-state index contributed by atoms with van der Waals surface area (Å²) in [6.07, 6.45) is 0.938. The summed E-state index contributed by atoms with van der Waals surface area (Å²) >= 11 is 0. The summed E-state index contributed by atoms with van der Waals surface area (Å²) in [6, 6.07) is -1.48. The number of nitrogens with one attached hydrogen (secondary N) is 2. The van der Waals surface area contributed by atoms with E-state index in [-0.39, 0.29) is 0 Å². The van der Waals surface area contributed by atoms with Crippen LogP contribution in [0, 0.1) is 0 Å². The van der Waals surface area contributed by atoms with E-state index >= 15 is 0 Å². The molecule has 0 aromatic carbocycles. The number of hydrogen-bond donors (Lipinski definition) is 2. The van der Waals surface area contributed by atoms with Crippen LogP contribution in [0.2, 0.25) is 0 Å². The lowest BCUT2D eigenvalue weighted by molar-refractivity contribution is -0.123. The molecule has 0 saturated carbocycles. The van der Waals surface area contributed by atoms with Crippen molar-refractivity contribution >= 4 is 18.3 Å². The van der Waals surface area contributed by atoms with E-state index in [2.05, 4.69) is 10.6 Å². The molecule has 97 valence electrons. The van der Waals surface area contributed by atoms with Crippen molar-refractivity contribution in [2.75, 3.05) is 0 Å². The predicted octanol–water partition coefficient (Wildman–Crippen LogP) is 0.514. The van der Waals surface area contributed by atoms with Crippen LogP contribution in [0.15, 0.2) is 0 Å². The van der Waals surface area contributed by atoms with E-state index < -0.39 is 29.7 Å². The minimum Gasteiger partial charge on any atom is -0.444 e. The topological polar surface area (TPSA) is 84.5 Å². The Morgan fingerprint density at radius 1 is 1.18 bits per heavy atom. The minimum atomic E-state index is -0.777. The first-order chi connectivity index (χ1) is 7.65. The van der Waals surface area contributed by atoms with Crippen molar-refractivity contribution in [3.05, 3.63) is 0 Å². The molecule has 0 heterocycles. The molecule has 0 aromatic rings. The number of carbonyl (C=O) groups excluding carboxylic acids is 3. The monoisotopic (exact) mass is 243 g/mol. The number of hydrogen-bond acceptors (Lipinski definition) is 4. The fourth-order valence-electron chi connectivity index (χ4n) is 0.918. The Balaban J connectivity index is 4.16. The molecule has 0 bridgehead atoms. The van der Waals surface area contributed by atoms with Gasteiger partial charge in [-0.2, -0.15) is 0 Å². The number of alkyl carbamates (subject to hydrolysis) is 1. The highest BCUT2D eigenvalue weighted by atomic mass is 16.6. The maximum Gasteiger partial charge on any atom is 0.408 e. The average Bonchev–Trinajstić information content (AvgIpc) is 2.14. The van der Waals surface area contributed by atoms with Crippen molar-refractivity contribution in [3.8, 4) is 0 Å². The van der Waals surface area contributed by atoms with E-state index in [0.29, 0.717) is 0 Å². The largest absolute Gasteiger partial charge is 0.444 e. The van der Waals surface area contributed by atoms with Crippen LogP contribution < -0.4 is 10.6 Å². The Hall–Kier alpha value is -1.59. The third-order valence-corrected chi connectivity index (χ3v) is 1.66. The third-order valence-electron chi connectivity index (χ3n) is 1.66. The Morgan fingerprint density at radius 2 is 1.71 bits per heavy atom. The van der Waals surface area contributed by atoms with Gasteiger partial charge in [0.2, 0.25) is 12.2 Å². The SMILES string of the molecule is C[C@H](NC(=O)OC(C)(C)C)C(=O)N[C@@H](C)[C]=O. The van der Waals surface area contributed by atoms with E-state index in [1.807, 2.05) is 0 Å². The highest BCUT2D eigenvalue weighted by Gasteiger charge is 2.21. The summed E-state index contributed by atoms with van der Waals surface area (Å²) in [6.45, 7) is 8.16. The summed E-state index contributed by atoms with van der Waals surface area (Å²) in [5.41, 5.74) is -0.621. The Kier molecular flexibility index (Phi) is 5.64. The van der Waals surface area contributed by atoms with Crippen LogP contribution in [0.4, 0.5) is 4.79 Å². The van der Waals surface area contributed by atoms with Gasteiger partial charge in [-0.05, 0) is 34.6 Å². The van der Waals surface area contributed by atoms with Crippen LogP contribution in [0.1, 0.15) is 34.6 Å². The molecule has 0 unspecified atom stereocenters. The van der Waals surface area contributed by atoms with Gasteiger partial charge in [0.1, 0.15) is 11.6 Å². The van der Waals surface area contributed by atoms with Gasteiger partial charge in [0, 0.05) is 0 Å². The highest BCUT2D eigenvalue weighted by Crippen LogP contribution is 2.06. The molecule has 0 aliphatic carbocycles. The van der Waals surface area contributed by atoms with Crippen molar-refractivity contribution in [1.29, 1.82) is 0 Å². The summed E-state index contributed by atoms with van der Waals surface area (Å²) in [4.78, 5) is 33.0. The standard InChI is InChI=1S/C11H19N2O4/c1-7(6-14)12-9(15)8(2)13-10(16)17-11(3,4)5/h7-8H,1-5H3,(H,12,15)(H,13,16)/t7-,8-/m0/s1. The van der Waals surface area contributed by atoms with Gasteiger partial charge >= 0.3 is 6.09 Å². The first kappa shape index (κ1) is 15.4. The van der Waals surface area contributed by atoms with E-state index in [1.54, 1.807) is 27.1 Å². The number of rotatable bonds is 4. The minimum absolute atomic E-state index is 0.466. The first-order valence-electron chi connectivity index (χ1n) is 5.33. The highest BCUT2D eigenvalue weighted by molar-refractivity contribution is 5.87. The molecule has 6 heteroatoms. The molecule has 17 heavy (non-hydrogen) atoms. The van der Waals surface area contributed by atoms with Crippen molar-refractivity contribution in [3.63, 3.8) is 0 Å². The molecule has 0 aliphatic heterocycles. The van der Waals surface area contributed by atoms with Crippen molar-refractivity contribution in [1.82, 2.24) is 10.6 Å². The zero-order valence-electron chi connectivity index (χ0n) is 10.8. The normalized spacial score (nSPS) is 14.4. The molecule has 2 amide bonds. The van der Waals surface area contributed by atoms with E-state index in [0.717, 1.165) is 0 Å². The molecule has 0 saturated heterocycles. The second kappa shape index (κ2) is 6.22. The van der Waals surface area contributed by atoms with E-state index in [4.69, 9.17) is 4.74 Å². The lowest BCUT2D eigenvalue weighted by Gasteiger charge is -2.21. The van der Waals surface area contributed by atoms with E-state index in [9.17, 15) is 14.4 Å². The summed E-state index contributed by atoms with van der Waals surface area (Å²) in [7, 11) is 0. The quantitative estimate of drug-likeness (QED) is 0.753. The Morgan fingerprint density at radius 3 is 2.12 bits per heavy atom. The molecule has 0 spiro atoms. The molecule has 0 aromatic heterocycles. The average molecular weight is 243 g/mol. The number of amides is 2. The molecule has 2 N–H and O–H groups in total. The van der Waals surface area contributed by atoms with Gasteiger partial charge in [0.15, 0.2) is 0 Å². The smallest absolute Gasteiger partial charge is 0.408 e. The van der Waals surface area contributed by atoms with Crippen LogP contribution >= 0.6 is 0 Å². The number of ether oxygens (including phenoxy) is 1. The van der Waals surface area contributed by atoms with Gasteiger partial charge < -0.3 is 15.4 Å². The molecule has 0 fully saturated rings. The van der Waals surface area contributed by atoms with Crippen molar-refractivity contribution in [2.24, 2.45) is 0 Å². The molecular formula is C11H19N2O4. The van der Waals surface area contributed by atoms with Crippen LogP contribution in [0.25, 0.3) is 0 Å². The summed E-state index contributed by atoms with van der Waals surface area (Å²) < 4.78 is 4.98. The molecule has 6 nitrogen and oxygen atoms in total. The fraction of sp³-hybridized carbons (Fsp3) is 0.727. The lowest BCUT2D eigenvalue weighted by Crippen LogP contribution is -2.48. The second-order valence-electron chi connectivity index (χ2n) is 4.72. The van der Waals surface area contributed by atoms with Gasteiger partial charge in [-0.1, -0.05) is 0 Å². The fourth-order valence-corrected chi connectivity index (χ4v) is 0.918. The van der Waals surface area contributed by atoms with Crippen LogP contribution in [-0.2, 0) is 14.3 Å². The van der Waals surface area contributed by atoms with Gasteiger partial charge in [-0.15, -0.1) is 0 Å². The third kappa shape index (κ3) is 7.32.